The average molecular weight is 452 g/mol. The third kappa shape index (κ3) is 4.67. The topological polar surface area (TPSA) is 50.7 Å². The molecule has 164 valence electrons. The molecule has 5 heteroatoms. The second kappa shape index (κ2) is 10.6. The quantitative estimate of drug-likeness (QED) is 0.195. The number of hydrazone groups is 1. The van der Waals surface area contributed by atoms with Crippen LogP contribution in [0.5, 0.6) is 0 Å². The lowest BCUT2D eigenvalue weighted by molar-refractivity contribution is -0.132. The van der Waals surface area contributed by atoms with E-state index in [-0.39, 0.29) is 0 Å². The number of esters is 1. The van der Waals surface area contributed by atoms with Crippen LogP contribution in [0.1, 0.15) is 0 Å². The van der Waals surface area contributed by atoms with Crippen molar-refractivity contribution < 1.29 is 9.53 Å². The molecule has 0 amide bonds. The first kappa shape index (κ1) is 22.3. The summed E-state index contributed by atoms with van der Waals surface area (Å²) in [6.07, 6.45) is 1.62. The molecule has 0 atom stereocenters. The predicted molar refractivity (Wildman–Crippen MR) is 141 cm³/mol. The molecule has 33 heavy (non-hydrogen) atoms. The molecule has 4 nitrogen and oxygen atoms in total. The molecule has 0 radical (unpaired) electrons. The summed E-state index contributed by atoms with van der Waals surface area (Å²) in [6.45, 7) is -2.60. The van der Waals surface area contributed by atoms with Gasteiger partial charge in [0.2, 0.25) is 0 Å². The lowest BCUT2D eigenvalue weighted by Crippen LogP contribution is -2.35. The minimum absolute atomic E-state index is 0.404. The van der Waals surface area contributed by atoms with E-state index < -0.39 is 12.9 Å². The maximum Gasteiger partial charge on any atom is 0.340 e. The average Bonchev–Trinajstić information content (AvgIpc) is 2.90. The van der Waals surface area contributed by atoms with Crippen LogP contribution >= 0.6 is 6.89 Å². The Morgan fingerprint density at radius 1 is 0.697 bits per heavy atom. The number of carbonyl (C=O) groups is 1. The molecule has 0 saturated carbocycles. The minimum atomic E-state index is -2.60. The third-order valence-corrected chi connectivity index (χ3v) is 9.58. The lowest BCUT2D eigenvalue weighted by atomic mass is 10.3. The highest BCUT2D eigenvalue weighted by Crippen LogP contribution is 2.46. The number of anilines is 1. The smallest absolute Gasteiger partial charge is 0.340 e. The van der Waals surface area contributed by atoms with Crippen molar-refractivity contribution >= 4 is 46.0 Å². The molecule has 0 saturated heterocycles. The van der Waals surface area contributed by atoms with E-state index in [1.54, 1.807) is 6.21 Å². The van der Waals surface area contributed by atoms with Crippen LogP contribution in [0.15, 0.2) is 126 Å². The van der Waals surface area contributed by atoms with Gasteiger partial charge in [0.15, 0.2) is 0 Å². The Balaban J connectivity index is 2.08. The van der Waals surface area contributed by atoms with Crippen molar-refractivity contribution in [3.05, 3.63) is 121 Å². The lowest BCUT2D eigenvalue weighted by Gasteiger charge is -2.30. The number of methoxy groups -OCH3 is 1. The fourth-order valence-corrected chi connectivity index (χ4v) is 8.06. The monoisotopic (exact) mass is 452 g/mol. The van der Waals surface area contributed by atoms with Crippen LogP contribution in [0.2, 0.25) is 0 Å². The van der Waals surface area contributed by atoms with Gasteiger partial charge in [-0.1, -0.05) is 109 Å². The molecule has 4 aromatic carbocycles. The maximum atomic E-state index is 13.4. The predicted octanol–water partition coefficient (Wildman–Crippen LogP) is 4.42. The van der Waals surface area contributed by atoms with Crippen LogP contribution < -0.4 is 21.3 Å². The van der Waals surface area contributed by atoms with E-state index in [0.29, 0.717) is 5.29 Å². The van der Waals surface area contributed by atoms with Crippen molar-refractivity contribution in [2.24, 2.45) is 5.10 Å². The number of hydrogen-bond donors (Lipinski definition) is 1. The Bertz CT molecular complexity index is 1170. The van der Waals surface area contributed by atoms with Gasteiger partial charge in [-0.15, -0.1) is 0 Å². The zero-order valence-corrected chi connectivity index (χ0v) is 19.2. The van der Waals surface area contributed by atoms with E-state index in [4.69, 9.17) is 4.74 Å². The van der Waals surface area contributed by atoms with E-state index in [0.717, 1.165) is 21.6 Å². The van der Waals surface area contributed by atoms with Crippen molar-refractivity contribution in [1.29, 1.82) is 0 Å². The summed E-state index contributed by atoms with van der Waals surface area (Å²) >= 11 is 0. The maximum absolute atomic E-state index is 13.4. The van der Waals surface area contributed by atoms with Crippen molar-refractivity contribution in [1.82, 2.24) is 0 Å². The van der Waals surface area contributed by atoms with Crippen LogP contribution in [0.25, 0.3) is 0 Å². The molecule has 0 bridgehead atoms. The van der Waals surface area contributed by atoms with E-state index in [1.807, 2.05) is 84.9 Å². The second-order valence-corrected chi connectivity index (χ2v) is 10.7. The number of para-hydroxylation sites is 1. The zero-order valence-electron chi connectivity index (χ0n) is 18.3. The largest absolute Gasteiger partial charge is 0.465 e. The van der Waals surface area contributed by atoms with Crippen molar-refractivity contribution in [2.45, 2.75) is 0 Å². The van der Waals surface area contributed by atoms with Crippen molar-refractivity contribution in [3.8, 4) is 0 Å². The first-order valence-corrected chi connectivity index (χ1v) is 12.4. The number of nitrogens with zero attached hydrogens (tertiary/aromatic N) is 1. The summed E-state index contributed by atoms with van der Waals surface area (Å²) < 4.78 is 5.32. The van der Waals surface area contributed by atoms with Crippen LogP contribution in [-0.4, -0.2) is 24.6 Å². The standard InChI is InChI=1S/C28H25N2O2P/c1-32-28(31)27(22-29-30-23-14-6-2-7-15-23)33(24-16-8-3-9-17-24,25-18-10-4-11-19-25)26-20-12-5-13-21-26/h2-22,30H,1H3/b29-22+. The van der Waals surface area contributed by atoms with Gasteiger partial charge in [0.05, 0.1) is 24.3 Å². The Labute approximate surface area is 194 Å². The highest BCUT2D eigenvalue weighted by molar-refractivity contribution is 7.97. The first-order valence-electron chi connectivity index (χ1n) is 10.6. The highest BCUT2D eigenvalue weighted by atomic mass is 31.2. The van der Waals surface area contributed by atoms with Gasteiger partial charge in [-0.3, -0.25) is 5.43 Å². The first-order chi connectivity index (χ1) is 16.3. The molecule has 0 aromatic heterocycles. The van der Waals surface area contributed by atoms with E-state index in [2.05, 4.69) is 46.9 Å². The van der Waals surface area contributed by atoms with Gasteiger partial charge >= 0.3 is 5.97 Å². The molecular formula is C28H25N2O2P. The molecule has 4 aromatic rings. The van der Waals surface area contributed by atoms with Gasteiger partial charge in [0, 0.05) is 0 Å². The summed E-state index contributed by atoms with van der Waals surface area (Å²) in [4.78, 5) is 13.4. The fraction of sp³-hybridized carbons (Fsp3) is 0.0357. The van der Waals surface area contributed by atoms with Crippen LogP contribution in [0.4, 0.5) is 5.69 Å². The molecule has 0 unspecified atom stereocenters. The molecule has 0 fully saturated rings. The van der Waals surface area contributed by atoms with E-state index in [9.17, 15) is 4.79 Å². The molecule has 0 spiro atoms. The normalized spacial score (nSPS) is 11.2. The van der Waals surface area contributed by atoms with Crippen molar-refractivity contribution in [3.63, 3.8) is 0 Å². The zero-order chi connectivity index (χ0) is 22.9. The van der Waals surface area contributed by atoms with Crippen LogP contribution in [0, 0.1) is 0 Å². The van der Waals surface area contributed by atoms with Gasteiger partial charge in [-0.25, -0.2) is 4.79 Å². The Kier molecular flexibility index (Phi) is 7.19. The Hall–Kier alpha value is -3.88. The summed E-state index contributed by atoms with van der Waals surface area (Å²) in [5.74, 6) is -0.404. The van der Waals surface area contributed by atoms with Gasteiger partial charge < -0.3 is 4.74 Å². The molecule has 0 aliphatic rings. The minimum Gasteiger partial charge on any atom is -0.465 e. The molecule has 0 aliphatic carbocycles. The number of ether oxygens (including phenoxy) is 1. The number of nitrogens with one attached hydrogen (secondary N) is 1. The molecule has 1 N–H and O–H groups in total. The number of carbonyl (C=O) groups excluding carboxylic acids is 1. The molecule has 0 heterocycles. The fourth-order valence-electron chi connectivity index (χ4n) is 3.88. The Morgan fingerprint density at radius 3 is 1.48 bits per heavy atom. The summed E-state index contributed by atoms with van der Waals surface area (Å²) in [5, 5.41) is 8.13. The van der Waals surface area contributed by atoms with Gasteiger partial charge in [-0.05, 0) is 34.9 Å². The SMILES string of the molecule is COC(=O)C(/C=N/Nc1ccccc1)=P(c1ccccc1)(c1ccccc1)c1ccccc1. The molecule has 0 aliphatic heterocycles. The summed E-state index contributed by atoms with van der Waals surface area (Å²) in [7, 11) is 1.41. The third-order valence-electron chi connectivity index (χ3n) is 5.34. The number of hydrogen-bond acceptors (Lipinski definition) is 4. The van der Waals surface area contributed by atoms with Crippen molar-refractivity contribution in [2.75, 3.05) is 12.5 Å². The van der Waals surface area contributed by atoms with Gasteiger partial charge in [0.25, 0.3) is 0 Å². The Morgan fingerprint density at radius 2 is 1.09 bits per heavy atom. The second-order valence-electron chi connectivity index (χ2n) is 7.29. The highest BCUT2D eigenvalue weighted by Gasteiger charge is 2.32. The molecule has 4 rings (SSSR count). The number of benzene rings is 4. The van der Waals surface area contributed by atoms with Gasteiger partial charge in [0.1, 0.15) is 0 Å². The molecular weight excluding hydrogens is 427 g/mol. The van der Waals surface area contributed by atoms with Gasteiger partial charge in [-0.2, -0.15) is 5.10 Å². The van der Waals surface area contributed by atoms with E-state index >= 15 is 0 Å². The number of rotatable bonds is 7. The van der Waals surface area contributed by atoms with Crippen LogP contribution in [-0.2, 0) is 9.53 Å². The summed E-state index contributed by atoms with van der Waals surface area (Å²) in [6, 6.07) is 40.1. The van der Waals surface area contributed by atoms with Crippen LogP contribution in [0.3, 0.4) is 0 Å². The van der Waals surface area contributed by atoms with E-state index in [1.165, 1.54) is 7.11 Å². The summed E-state index contributed by atoms with van der Waals surface area (Å²) in [5.41, 5.74) is 3.87.